The average Bonchev–Trinajstić information content (AvgIpc) is 2.55. The molecule has 1 atom stereocenters. The van der Waals surface area contributed by atoms with E-state index in [1.54, 1.807) is 0 Å². The summed E-state index contributed by atoms with van der Waals surface area (Å²) in [6.45, 7) is 3.83. The highest BCUT2D eigenvalue weighted by Gasteiger charge is 2.68. The molecule has 0 rings (SSSR count). The van der Waals surface area contributed by atoms with Crippen molar-refractivity contribution in [3.8, 4) is 0 Å². The van der Waals surface area contributed by atoms with Gasteiger partial charge in [-0.1, -0.05) is 20.4 Å². The maximum absolute atomic E-state index is 13.6. The maximum atomic E-state index is 13.6. The summed E-state index contributed by atoms with van der Waals surface area (Å²) in [5.41, 5.74) is -0.691. The smallest absolute Gasteiger partial charge is 0.468 e. The fourth-order valence-electron chi connectivity index (χ4n) is 1.59. The molecule has 0 aromatic rings. The van der Waals surface area contributed by atoms with Crippen LogP contribution in [0.1, 0.15) is 27.2 Å². The molecule has 8 nitrogen and oxygen atoms in total. The second-order valence-electron chi connectivity index (χ2n) is 6.55. The molecule has 0 aliphatic heterocycles. The van der Waals surface area contributed by atoms with E-state index in [-0.39, 0.29) is 0 Å². The molecule has 182 valence electrons. The van der Waals surface area contributed by atoms with Gasteiger partial charge in [0.25, 0.3) is 0 Å². The maximum Gasteiger partial charge on any atom is 0.468 e. The van der Waals surface area contributed by atoms with Crippen molar-refractivity contribution >= 4 is 22.1 Å². The first-order chi connectivity index (χ1) is 13.6. The molecule has 0 aromatic carbocycles. The molecule has 0 saturated carbocycles. The molecule has 0 bridgehead atoms. The molecule has 0 N–H and O–H groups in total. The van der Waals surface area contributed by atoms with Gasteiger partial charge in [-0.25, -0.2) is 18.0 Å². The first-order valence-electron chi connectivity index (χ1n) is 8.10. The van der Waals surface area contributed by atoms with Gasteiger partial charge in [0.2, 0.25) is 0 Å². The van der Waals surface area contributed by atoms with Crippen molar-refractivity contribution in [2.45, 2.75) is 50.3 Å². The summed E-state index contributed by atoms with van der Waals surface area (Å²) in [6, 6.07) is 0. The Bertz CT molecular complexity index is 792. The third-order valence-electron chi connectivity index (χ3n) is 3.24. The van der Waals surface area contributed by atoms with E-state index in [0.29, 0.717) is 0 Å². The predicted molar refractivity (Wildman–Crippen MR) is 85.6 cm³/mol. The van der Waals surface area contributed by atoms with Crippen molar-refractivity contribution in [3.63, 3.8) is 0 Å². The summed E-state index contributed by atoms with van der Waals surface area (Å²) in [7, 11) is -6.92. The average molecular weight is 491 g/mol. The summed E-state index contributed by atoms with van der Waals surface area (Å²) in [6.07, 6.45) is -8.45. The normalized spacial score (nSPS) is 15.4. The minimum Gasteiger partial charge on any atom is -0.743 e. The molecule has 0 aliphatic carbocycles. The summed E-state index contributed by atoms with van der Waals surface area (Å²) in [5, 5.41) is -6.21. The van der Waals surface area contributed by atoms with Gasteiger partial charge in [-0.3, -0.25) is 0 Å². The number of carbonyl (C=O) groups is 2. The lowest BCUT2D eigenvalue weighted by atomic mass is 10.2. The minimum absolute atomic E-state index is 0.544. The molecule has 0 radical (unpaired) electrons. The lowest BCUT2D eigenvalue weighted by Crippen LogP contribution is -2.59. The van der Waals surface area contributed by atoms with Crippen molar-refractivity contribution in [2.24, 2.45) is 5.92 Å². The number of esters is 2. The highest BCUT2D eigenvalue weighted by Crippen LogP contribution is 2.42. The van der Waals surface area contributed by atoms with E-state index in [9.17, 15) is 53.3 Å². The lowest BCUT2D eigenvalue weighted by Gasteiger charge is -2.33. The van der Waals surface area contributed by atoms with Crippen molar-refractivity contribution in [1.82, 2.24) is 0 Å². The van der Waals surface area contributed by atoms with E-state index in [0.717, 1.165) is 6.92 Å². The number of ether oxygens (including phenoxy) is 3. The number of halogens is 7. The summed E-state index contributed by atoms with van der Waals surface area (Å²) in [5.74, 6) is -15.2. The van der Waals surface area contributed by atoms with Crippen LogP contribution in [0.4, 0.5) is 30.7 Å². The van der Waals surface area contributed by atoms with Crippen molar-refractivity contribution in [2.75, 3.05) is 13.2 Å². The van der Waals surface area contributed by atoms with Crippen LogP contribution in [0.3, 0.4) is 0 Å². The van der Waals surface area contributed by atoms with Gasteiger partial charge in [0, 0.05) is 12.0 Å². The molecule has 0 fully saturated rings. The van der Waals surface area contributed by atoms with Crippen LogP contribution in [-0.4, -0.2) is 61.3 Å². The molecule has 16 heteroatoms. The largest absolute Gasteiger partial charge is 0.743 e. The molecular weight excluding hydrogens is 473 g/mol. The zero-order valence-electron chi connectivity index (χ0n) is 16.2. The number of carbonyl (C=O) groups excluding carboxylic acids is 2. The monoisotopic (exact) mass is 491 g/mol. The van der Waals surface area contributed by atoms with Crippen molar-refractivity contribution in [3.05, 3.63) is 12.2 Å². The Morgan fingerprint density at radius 2 is 1.55 bits per heavy atom. The summed E-state index contributed by atoms with van der Waals surface area (Å²) >= 11 is 0. The number of hydrogen-bond donors (Lipinski definition) is 0. The van der Waals surface area contributed by atoms with Gasteiger partial charge in [0.15, 0.2) is 10.1 Å². The number of rotatable bonds is 11. The Hall–Kier alpha value is -1.94. The molecular formula is C15H18F7O8S-. The summed E-state index contributed by atoms with van der Waals surface area (Å²) < 4.78 is 137. The molecule has 0 aliphatic rings. The quantitative estimate of drug-likeness (QED) is 0.142. The van der Waals surface area contributed by atoms with Crippen molar-refractivity contribution in [1.29, 1.82) is 0 Å². The van der Waals surface area contributed by atoms with Crippen LogP contribution in [0.2, 0.25) is 0 Å². The molecule has 0 spiro atoms. The van der Waals surface area contributed by atoms with Gasteiger partial charge >= 0.3 is 35.1 Å². The van der Waals surface area contributed by atoms with Gasteiger partial charge < -0.3 is 18.8 Å². The van der Waals surface area contributed by atoms with E-state index in [1.165, 1.54) is 13.8 Å². The van der Waals surface area contributed by atoms with Gasteiger partial charge in [0.05, 0.1) is 13.2 Å². The number of hydrogen-bond acceptors (Lipinski definition) is 8. The fourth-order valence-corrected chi connectivity index (χ4v) is 2.06. The van der Waals surface area contributed by atoms with Crippen LogP contribution in [0.5, 0.6) is 0 Å². The van der Waals surface area contributed by atoms with E-state index in [4.69, 9.17) is 0 Å². The molecule has 1 unspecified atom stereocenters. The molecule has 0 heterocycles. The van der Waals surface area contributed by atoms with Crippen LogP contribution >= 0.6 is 0 Å². The SMILES string of the molecule is C=C(C)C(=O)OC(OCCC(F)(F)C(F)(F)S(=O)(=O)[O-])(C(=O)OCC(C)C)C(F)(F)F. The van der Waals surface area contributed by atoms with Crippen LogP contribution < -0.4 is 0 Å². The van der Waals surface area contributed by atoms with E-state index in [1.807, 2.05) is 0 Å². The highest BCUT2D eigenvalue weighted by molar-refractivity contribution is 7.86. The summed E-state index contributed by atoms with van der Waals surface area (Å²) in [4.78, 5) is 23.6. The second kappa shape index (κ2) is 9.68. The Balaban J connectivity index is 6.02. The van der Waals surface area contributed by atoms with Gasteiger partial charge in [0.1, 0.15) is 0 Å². The standard InChI is InChI=1S/C15H19F7O8S/c1-8(2)7-28-11(24)13(14(18,19)20,30-10(23)9(3)4)29-6-5-12(16,17)15(21,22)31(25,26)27/h8H,3,5-7H2,1-2,4H3,(H,25,26,27)/p-1. The Labute approximate surface area is 172 Å². The van der Waals surface area contributed by atoms with Gasteiger partial charge in [-0.2, -0.15) is 30.7 Å². The topological polar surface area (TPSA) is 119 Å². The zero-order chi connectivity index (χ0) is 25.1. The third kappa shape index (κ3) is 6.77. The van der Waals surface area contributed by atoms with Gasteiger partial charge in [-0.05, 0) is 12.8 Å². The van der Waals surface area contributed by atoms with Crippen LogP contribution in [-0.2, 0) is 33.9 Å². The van der Waals surface area contributed by atoms with E-state index >= 15 is 0 Å². The molecule has 0 saturated heterocycles. The number of alkyl halides is 7. The first-order valence-corrected chi connectivity index (χ1v) is 9.51. The minimum atomic E-state index is -6.92. The third-order valence-corrected chi connectivity index (χ3v) is 4.16. The molecule has 0 amide bonds. The lowest BCUT2D eigenvalue weighted by molar-refractivity contribution is -0.357. The van der Waals surface area contributed by atoms with E-state index in [2.05, 4.69) is 20.8 Å². The molecule has 31 heavy (non-hydrogen) atoms. The molecule has 0 aromatic heterocycles. The van der Waals surface area contributed by atoms with Crippen molar-refractivity contribution < 1.29 is 67.5 Å². The van der Waals surface area contributed by atoms with Crippen LogP contribution in [0.25, 0.3) is 0 Å². The Morgan fingerprint density at radius 3 is 1.90 bits per heavy atom. The van der Waals surface area contributed by atoms with Crippen LogP contribution in [0.15, 0.2) is 12.2 Å². The Kier molecular flexibility index (Phi) is 9.08. The van der Waals surface area contributed by atoms with Gasteiger partial charge in [-0.15, -0.1) is 0 Å². The zero-order valence-corrected chi connectivity index (χ0v) is 17.0. The van der Waals surface area contributed by atoms with Crippen LogP contribution in [0, 0.1) is 5.92 Å². The predicted octanol–water partition coefficient (Wildman–Crippen LogP) is 2.74. The fraction of sp³-hybridized carbons (Fsp3) is 0.733. The Morgan fingerprint density at radius 1 is 1.06 bits per heavy atom. The highest BCUT2D eigenvalue weighted by atomic mass is 32.2. The van der Waals surface area contributed by atoms with E-state index < -0.39 is 76.3 Å². The first kappa shape index (κ1) is 29.1. The second-order valence-corrected chi connectivity index (χ2v) is 7.97.